The van der Waals surface area contributed by atoms with Gasteiger partial charge in [0.1, 0.15) is 0 Å². The molecule has 0 aliphatic heterocycles. The van der Waals surface area contributed by atoms with Gasteiger partial charge in [-0.25, -0.2) is 8.78 Å². The van der Waals surface area contributed by atoms with Crippen LogP contribution in [0.2, 0.25) is 0 Å². The Balaban J connectivity index is 2.16. The van der Waals surface area contributed by atoms with Crippen LogP contribution in [0.1, 0.15) is 6.42 Å². The first-order valence-corrected chi connectivity index (χ1v) is 2.74. The monoisotopic (exact) mass is 121 g/mol. The molecule has 3 heteroatoms. The maximum absolute atomic E-state index is 11.6. The molecule has 1 nitrogen and oxygen atoms in total. The van der Waals surface area contributed by atoms with Gasteiger partial charge in [-0.1, -0.05) is 0 Å². The van der Waals surface area contributed by atoms with Gasteiger partial charge in [0.25, 0.3) is 0 Å². The van der Waals surface area contributed by atoms with Gasteiger partial charge >= 0.3 is 0 Å². The quantitative estimate of drug-likeness (QED) is 0.575. The number of halogens is 2. The van der Waals surface area contributed by atoms with Crippen molar-refractivity contribution < 1.29 is 8.78 Å². The highest BCUT2D eigenvalue weighted by molar-refractivity contribution is 4.88. The zero-order valence-corrected chi connectivity index (χ0v) is 4.48. The van der Waals surface area contributed by atoms with E-state index in [0.717, 1.165) is 0 Å². The number of alkyl halides is 2. The van der Waals surface area contributed by atoms with E-state index >= 15 is 0 Å². The molecule has 1 aliphatic rings. The highest BCUT2D eigenvalue weighted by Crippen LogP contribution is 2.41. The molecule has 0 heterocycles. The van der Waals surface area contributed by atoms with Crippen LogP contribution in [-0.2, 0) is 0 Å². The molecular weight excluding hydrogens is 112 g/mol. The molecule has 0 bridgehead atoms. The number of hydrogen-bond donors (Lipinski definition) is 1. The van der Waals surface area contributed by atoms with Crippen LogP contribution in [0.25, 0.3) is 0 Å². The summed E-state index contributed by atoms with van der Waals surface area (Å²) in [7, 11) is 0. The summed E-state index contributed by atoms with van der Waals surface area (Å²) in [4.78, 5) is 0. The van der Waals surface area contributed by atoms with Gasteiger partial charge in [-0.2, -0.15) is 0 Å². The summed E-state index contributed by atoms with van der Waals surface area (Å²) in [6.07, 6.45) is -1.50. The zero-order chi connectivity index (χ0) is 6.15. The third kappa shape index (κ3) is 0.968. The van der Waals surface area contributed by atoms with Crippen molar-refractivity contribution in [3.05, 3.63) is 0 Å². The SMILES string of the molecule is NC[C@@H]1C[C@H]1C(F)F. The molecule has 0 amide bonds. The van der Waals surface area contributed by atoms with E-state index in [1.165, 1.54) is 0 Å². The van der Waals surface area contributed by atoms with Gasteiger partial charge in [0.2, 0.25) is 6.43 Å². The zero-order valence-electron chi connectivity index (χ0n) is 4.48. The molecule has 0 unspecified atom stereocenters. The average Bonchev–Trinajstić information content (AvgIpc) is 2.42. The fourth-order valence-corrected chi connectivity index (χ4v) is 0.851. The smallest absolute Gasteiger partial charge is 0.241 e. The molecule has 8 heavy (non-hydrogen) atoms. The Morgan fingerprint density at radius 3 is 2.38 bits per heavy atom. The van der Waals surface area contributed by atoms with E-state index in [0.29, 0.717) is 13.0 Å². The third-order valence-electron chi connectivity index (χ3n) is 1.60. The van der Waals surface area contributed by atoms with Crippen LogP contribution in [0.3, 0.4) is 0 Å². The van der Waals surface area contributed by atoms with Gasteiger partial charge in [0.15, 0.2) is 0 Å². The van der Waals surface area contributed by atoms with Crippen LogP contribution < -0.4 is 5.73 Å². The lowest BCUT2D eigenvalue weighted by molar-refractivity contribution is 0.116. The molecule has 0 spiro atoms. The largest absolute Gasteiger partial charge is 0.330 e. The lowest BCUT2D eigenvalue weighted by Gasteiger charge is -1.91. The second-order valence-corrected chi connectivity index (χ2v) is 2.23. The fraction of sp³-hybridized carbons (Fsp3) is 1.00. The fourth-order valence-electron chi connectivity index (χ4n) is 0.851. The standard InChI is InChI=1S/C5H9F2N/c6-5(7)4-1-3(4)2-8/h3-5H,1-2,8H2/t3-,4+/m0/s1. The molecule has 48 valence electrons. The van der Waals surface area contributed by atoms with Gasteiger partial charge in [-0.15, -0.1) is 0 Å². The first kappa shape index (κ1) is 5.95. The molecule has 0 saturated heterocycles. The Hall–Kier alpha value is -0.180. The average molecular weight is 121 g/mol. The van der Waals surface area contributed by atoms with Crippen LogP contribution in [0.5, 0.6) is 0 Å². The van der Waals surface area contributed by atoms with Gasteiger partial charge in [0.05, 0.1) is 0 Å². The van der Waals surface area contributed by atoms with Crippen molar-refractivity contribution in [1.82, 2.24) is 0 Å². The van der Waals surface area contributed by atoms with Crippen molar-refractivity contribution in [2.45, 2.75) is 12.8 Å². The first-order valence-electron chi connectivity index (χ1n) is 2.74. The van der Waals surface area contributed by atoms with E-state index in [9.17, 15) is 8.78 Å². The van der Waals surface area contributed by atoms with Crippen LogP contribution >= 0.6 is 0 Å². The van der Waals surface area contributed by atoms with Gasteiger partial charge < -0.3 is 5.73 Å². The summed E-state index contributed by atoms with van der Waals surface area (Å²) < 4.78 is 23.2. The molecule has 1 rings (SSSR count). The molecule has 1 saturated carbocycles. The van der Waals surface area contributed by atoms with Crippen molar-refractivity contribution in [2.24, 2.45) is 17.6 Å². The highest BCUT2D eigenvalue weighted by Gasteiger charge is 2.42. The number of nitrogens with two attached hydrogens (primary N) is 1. The molecule has 1 fully saturated rings. The first-order chi connectivity index (χ1) is 3.75. The lowest BCUT2D eigenvalue weighted by atomic mass is 10.3. The summed E-state index contributed by atoms with van der Waals surface area (Å²) in [6.45, 7) is 0.426. The molecule has 2 N–H and O–H groups in total. The Morgan fingerprint density at radius 2 is 2.25 bits per heavy atom. The molecular formula is C5H9F2N. The van der Waals surface area contributed by atoms with E-state index in [1.807, 2.05) is 0 Å². The van der Waals surface area contributed by atoms with Crippen molar-refractivity contribution in [2.75, 3.05) is 6.54 Å². The Kier molecular flexibility index (Phi) is 1.47. The van der Waals surface area contributed by atoms with E-state index in [-0.39, 0.29) is 11.8 Å². The summed E-state index contributed by atoms with van der Waals surface area (Å²) in [6, 6.07) is 0. The Morgan fingerprint density at radius 1 is 1.62 bits per heavy atom. The van der Waals surface area contributed by atoms with Crippen LogP contribution in [0.15, 0.2) is 0 Å². The van der Waals surface area contributed by atoms with Crippen molar-refractivity contribution in [3.8, 4) is 0 Å². The highest BCUT2D eigenvalue weighted by atomic mass is 19.3. The van der Waals surface area contributed by atoms with E-state index in [4.69, 9.17) is 5.73 Å². The Labute approximate surface area is 46.9 Å². The maximum Gasteiger partial charge on any atom is 0.241 e. The molecule has 0 aromatic rings. The van der Waals surface area contributed by atoms with Gasteiger partial charge in [-0.05, 0) is 18.9 Å². The van der Waals surface area contributed by atoms with Crippen LogP contribution in [0, 0.1) is 11.8 Å². The molecule has 0 radical (unpaired) electrons. The minimum atomic E-state index is -2.14. The molecule has 1 aliphatic carbocycles. The second-order valence-electron chi connectivity index (χ2n) is 2.23. The van der Waals surface area contributed by atoms with Crippen LogP contribution in [0.4, 0.5) is 8.78 Å². The normalized spacial score (nSPS) is 36.0. The number of rotatable bonds is 2. The molecule has 2 atom stereocenters. The lowest BCUT2D eigenvalue weighted by Crippen LogP contribution is -2.05. The summed E-state index contributed by atoms with van der Waals surface area (Å²) in [5, 5.41) is 0. The summed E-state index contributed by atoms with van der Waals surface area (Å²) in [5.74, 6) is -0.255. The van der Waals surface area contributed by atoms with E-state index < -0.39 is 6.43 Å². The third-order valence-corrected chi connectivity index (χ3v) is 1.60. The summed E-state index contributed by atoms with van der Waals surface area (Å²) >= 11 is 0. The predicted molar refractivity (Wildman–Crippen MR) is 26.7 cm³/mol. The van der Waals surface area contributed by atoms with Gasteiger partial charge in [-0.3, -0.25) is 0 Å². The van der Waals surface area contributed by atoms with Crippen molar-refractivity contribution in [3.63, 3.8) is 0 Å². The minimum absolute atomic E-state index is 0.120. The van der Waals surface area contributed by atoms with Crippen LogP contribution in [-0.4, -0.2) is 13.0 Å². The molecule has 0 aromatic heterocycles. The van der Waals surface area contributed by atoms with Crippen molar-refractivity contribution >= 4 is 0 Å². The summed E-state index contributed by atoms with van der Waals surface area (Å²) in [5.41, 5.74) is 5.13. The van der Waals surface area contributed by atoms with Gasteiger partial charge in [0, 0.05) is 5.92 Å². The number of hydrogen-bond acceptors (Lipinski definition) is 1. The minimum Gasteiger partial charge on any atom is -0.330 e. The topological polar surface area (TPSA) is 26.0 Å². The molecule has 0 aromatic carbocycles. The predicted octanol–water partition coefficient (Wildman–Crippen LogP) is 0.846. The maximum atomic E-state index is 11.6. The van der Waals surface area contributed by atoms with E-state index in [2.05, 4.69) is 0 Å². The second kappa shape index (κ2) is 1.97. The Bertz CT molecular complexity index is 84.5. The van der Waals surface area contributed by atoms with Crippen molar-refractivity contribution in [1.29, 1.82) is 0 Å². The van der Waals surface area contributed by atoms with E-state index in [1.54, 1.807) is 0 Å².